The highest BCUT2D eigenvalue weighted by molar-refractivity contribution is 6.01. The second-order valence-electron chi connectivity index (χ2n) is 5.66. The van der Waals surface area contributed by atoms with Crippen molar-refractivity contribution in [2.24, 2.45) is 5.92 Å². The zero-order valence-corrected chi connectivity index (χ0v) is 10.7. The lowest BCUT2D eigenvalue weighted by Crippen LogP contribution is -2.41. The summed E-state index contributed by atoms with van der Waals surface area (Å²) in [5.41, 5.74) is 0. The Kier molecular flexibility index (Phi) is 3.05. The highest BCUT2D eigenvalue weighted by atomic mass is 16.4. The number of fused-ring (bicyclic) bond motifs is 2. The van der Waals surface area contributed by atoms with E-state index >= 15 is 0 Å². The van der Waals surface area contributed by atoms with Crippen molar-refractivity contribution in [3.8, 4) is 0 Å². The summed E-state index contributed by atoms with van der Waals surface area (Å²) in [6, 6.07) is 0.411. The molecule has 0 aromatic rings. The number of likely N-dealkylation sites (tertiary alicyclic amines) is 1. The van der Waals surface area contributed by atoms with Crippen LogP contribution in [-0.2, 0) is 14.4 Å². The number of rotatable bonds is 4. The number of carboxylic acids is 1. The minimum Gasteiger partial charge on any atom is -0.481 e. The largest absolute Gasteiger partial charge is 0.481 e. The Bertz CT molecular complexity index is 420. The van der Waals surface area contributed by atoms with Gasteiger partial charge in [-0.05, 0) is 19.3 Å². The van der Waals surface area contributed by atoms with Crippen LogP contribution in [0.4, 0.5) is 0 Å². The number of aliphatic carboxylic acids is 1. The molecule has 3 aliphatic heterocycles. The molecule has 6 heteroatoms. The molecule has 6 nitrogen and oxygen atoms in total. The molecule has 0 aromatic heterocycles. The molecular formula is C13H18N2O4. The molecule has 0 spiro atoms. The van der Waals surface area contributed by atoms with E-state index in [1.165, 1.54) is 4.90 Å². The summed E-state index contributed by atoms with van der Waals surface area (Å²) in [7, 11) is 0. The van der Waals surface area contributed by atoms with Crippen LogP contribution in [0.15, 0.2) is 0 Å². The van der Waals surface area contributed by atoms with Crippen LogP contribution in [0.25, 0.3) is 0 Å². The van der Waals surface area contributed by atoms with Gasteiger partial charge in [0.15, 0.2) is 0 Å². The minimum atomic E-state index is -0.717. The number of hydrogen-bond donors (Lipinski definition) is 1. The van der Waals surface area contributed by atoms with Gasteiger partial charge in [-0.3, -0.25) is 24.2 Å². The van der Waals surface area contributed by atoms with Crippen LogP contribution in [0, 0.1) is 5.92 Å². The molecule has 3 saturated heterocycles. The topological polar surface area (TPSA) is 77.9 Å². The van der Waals surface area contributed by atoms with Gasteiger partial charge in [-0.1, -0.05) is 0 Å². The van der Waals surface area contributed by atoms with Gasteiger partial charge in [0.25, 0.3) is 0 Å². The molecule has 3 rings (SSSR count). The van der Waals surface area contributed by atoms with Crippen LogP contribution in [-0.4, -0.2) is 57.9 Å². The van der Waals surface area contributed by atoms with E-state index in [-0.39, 0.29) is 23.8 Å². The van der Waals surface area contributed by atoms with Crippen molar-refractivity contribution < 1.29 is 19.5 Å². The van der Waals surface area contributed by atoms with E-state index in [0.717, 1.165) is 12.8 Å². The van der Waals surface area contributed by atoms with E-state index in [9.17, 15) is 19.5 Å². The molecule has 2 amide bonds. The summed E-state index contributed by atoms with van der Waals surface area (Å²) in [6.07, 6.45) is 3.31. The Morgan fingerprint density at radius 1 is 1.16 bits per heavy atom. The number of carbonyl (C=O) groups is 3. The Morgan fingerprint density at radius 2 is 1.84 bits per heavy atom. The van der Waals surface area contributed by atoms with E-state index in [4.69, 9.17) is 0 Å². The fraction of sp³-hybridized carbons (Fsp3) is 0.769. The van der Waals surface area contributed by atoms with Crippen molar-refractivity contribution in [1.82, 2.24) is 9.80 Å². The summed E-state index contributed by atoms with van der Waals surface area (Å²) in [6.45, 7) is 1.04. The number of nitrogens with zero attached hydrogens (tertiary/aromatic N) is 2. The second-order valence-corrected chi connectivity index (χ2v) is 5.66. The predicted molar refractivity (Wildman–Crippen MR) is 65.2 cm³/mol. The molecule has 0 saturated carbocycles. The molecule has 2 bridgehead atoms. The average Bonchev–Trinajstić information content (AvgIpc) is 3.02. The first-order valence-corrected chi connectivity index (χ1v) is 6.89. The molecule has 3 fully saturated rings. The van der Waals surface area contributed by atoms with Gasteiger partial charge >= 0.3 is 5.97 Å². The summed E-state index contributed by atoms with van der Waals surface area (Å²) in [5, 5.41) is 9.17. The van der Waals surface area contributed by atoms with Gasteiger partial charge in [-0.2, -0.15) is 0 Å². The summed E-state index contributed by atoms with van der Waals surface area (Å²) < 4.78 is 0. The van der Waals surface area contributed by atoms with Crippen molar-refractivity contribution in [2.75, 3.05) is 13.1 Å². The maximum atomic E-state index is 11.5. The second kappa shape index (κ2) is 4.59. The molecule has 1 N–H and O–H groups in total. The van der Waals surface area contributed by atoms with Crippen molar-refractivity contribution in [2.45, 2.75) is 44.2 Å². The molecule has 3 aliphatic rings. The van der Waals surface area contributed by atoms with Crippen molar-refractivity contribution in [3.63, 3.8) is 0 Å². The molecule has 19 heavy (non-hydrogen) atoms. The van der Waals surface area contributed by atoms with Gasteiger partial charge in [0, 0.05) is 38.0 Å². The van der Waals surface area contributed by atoms with Crippen LogP contribution in [0.1, 0.15) is 32.1 Å². The third-order valence-corrected chi connectivity index (χ3v) is 4.73. The van der Waals surface area contributed by atoms with Gasteiger partial charge in [-0.25, -0.2) is 0 Å². The third-order valence-electron chi connectivity index (χ3n) is 4.73. The number of carboxylic acid groups (broad SMARTS) is 1. The smallest absolute Gasteiger partial charge is 0.308 e. The average molecular weight is 266 g/mol. The first-order valence-electron chi connectivity index (χ1n) is 6.89. The molecule has 104 valence electrons. The fourth-order valence-electron chi connectivity index (χ4n) is 3.80. The lowest BCUT2D eigenvalue weighted by molar-refractivity contribution is -0.143. The lowest BCUT2D eigenvalue weighted by Gasteiger charge is -2.25. The third kappa shape index (κ3) is 2.04. The monoisotopic (exact) mass is 266 g/mol. The molecule has 0 aliphatic carbocycles. The lowest BCUT2D eigenvalue weighted by atomic mass is 9.89. The van der Waals surface area contributed by atoms with Gasteiger partial charge in [-0.15, -0.1) is 0 Å². The number of imide groups is 1. The van der Waals surface area contributed by atoms with E-state index in [1.54, 1.807) is 0 Å². The quantitative estimate of drug-likeness (QED) is 0.729. The normalized spacial score (nSPS) is 34.5. The Labute approximate surface area is 111 Å². The summed E-state index contributed by atoms with van der Waals surface area (Å²) in [4.78, 5) is 37.7. The van der Waals surface area contributed by atoms with Crippen LogP contribution < -0.4 is 0 Å². The summed E-state index contributed by atoms with van der Waals surface area (Å²) in [5.74, 6) is -1.17. The molecule has 0 radical (unpaired) electrons. The van der Waals surface area contributed by atoms with E-state index < -0.39 is 5.97 Å². The first kappa shape index (κ1) is 12.6. The zero-order chi connectivity index (χ0) is 13.6. The minimum absolute atomic E-state index is 0.0914. The maximum Gasteiger partial charge on any atom is 0.308 e. The Hall–Kier alpha value is -1.43. The molecule has 3 atom stereocenters. The molecule has 0 aromatic carbocycles. The number of carbonyl (C=O) groups excluding carboxylic acids is 2. The highest BCUT2D eigenvalue weighted by Crippen LogP contribution is 2.41. The molecule has 3 unspecified atom stereocenters. The maximum absolute atomic E-state index is 11.5. The van der Waals surface area contributed by atoms with Gasteiger partial charge < -0.3 is 5.11 Å². The highest BCUT2D eigenvalue weighted by Gasteiger charge is 2.49. The van der Waals surface area contributed by atoms with Crippen LogP contribution in [0.5, 0.6) is 0 Å². The fourth-order valence-corrected chi connectivity index (χ4v) is 3.80. The van der Waals surface area contributed by atoms with Gasteiger partial charge in [0.1, 0.15) is 0 Å². The number of amides is 2. The summed E-state index contributed by atoms with van der Waals surface area (Å²) >= 11 is 0. The first-order chi connectivity index (χ1) is 9.08. The number of hydrogen-bond acceptors (Lipinski definition) is 4. The van der Waals surface area contributed by atoms with Gasteiger partial charge in [0.05, 0.1) is 5.92 Å². The molecular weight excluding hydrogens is 248 g/mol. The van der Waals surface area contributed by atoms with E-state index in [2.05, 4.69) is 4.90 Å². The van der Waals surface area contributed by atoms with E-state index in [1.807, 2.05) is 0 Å². The Morgan fingerprint density at radius 3 is 2.42 bits per heavy atom. The Balaban J connectivity index is 1.61. The van der Waals surface area contributed by atoms with Crippen molar-refractivity contribution in [1.29, 1.82) is 0 Å². The van der Waals surface area contributed by atoms with Crippen LogP contribution >= 0.6 is 0 Å². The van der Waals surface area contributed by atoms with Crippen LogP contribution in [0.2, 0.25) is 0 Å². The van der Waals surface area contributed by atoms with Crippen LogP contribution in [0.3, 0.4) is 0 Å². The van der Waals surface area contributed by atoms with Gasteiger partial charge in [0.2, 0.25) is 11.8 Å². The molecule has 3 heterocycles. The standard InChI is InChI=1S/C13H18N2O4/c16-11-3-4-12(17)15(11)6-5-14-8-1-2-10(14)9(7-8)13(18)19/h8-10H,1-7H2,(H,18,19). The predicted octanol–water partition coefficient (Wildman–Crippen LogP) is 0.0729. The van der Waals surface area contributed by atoms with Crippen molar-refractivity contribution >= 4 is 17.8 Å². The SMILES string of the molecule is O=C(O)C1CC2CCC1N2CCN1C(=O)CCC1=O. The van der Waals surface area contributed by atoms with Crippen molar-refractivity contribution in [3.05, 3.63) is 0 Å². The zero-order valence-electron chi connectivity index (χ0n) is 10.7. The van der Waals surface area contributed by atoms with E-state index in [0.29, 0.717) is 38.4 Å².